The van der Waals surface area contributed by atoms with Crippen molar-refractivity contribution < 1.29 is 13.2 Å². The average Bonchev–Trinajstić information content (AvgIpc) is 2.65. The van der Waals surface area contributed by atoms with Gasteiger partial charge in [-0.15, -0.1) is 11.3 Å². The van der Waals surface area contributed by atoms with E-state index in [9.17, 15) is 13.2 Å². The maximum Gasteiger partial charge on any atom is 0.395 e. The summed E-state index contributed by atoms with van der Waals surface area (Å²) in [6.07, 6.45) is -5.14. The van der Waals surface area contributed by atoms with Crippen LogP contribution in [0.15, 0.2) is 35.7 Å². The minimum Gasteiger partial charge on any atom is -0.241 e. The summed E-state index contributed by atoms with van der Waals surface area (Å²) in [6, 6.07) is 9.17. The molecule has 2 rings (SSSR count). The van der Waals surface area contributed by atoms with Crippen LogP contribution in [0.5, 0.6) is 0 Å². The molecule has 0 atom stereocenters. The van der Waals surface area contributed by atoms with E-state index in [0.717, 1.165) is 16.9 Å². The predicted molar refractivity (Wildman–Crippen MR) is 57.3 cm³/mol. The Morgan fingerprint density at radius 3 is 2.44 bits per heavy atom. The number of aromatic nitrogens is 1. The van der Waals surface area contributed by atoms with E-state index in [2.05, 4.69) is 4.98 Å². The molecule has 0 saturated carbocycles. The summed E-state index contributed by atoms with van der Waals surface area (Å²) in [7, 11) is 0. The molecule has 0 unspecified atom stereocenters. The summed E-state index contributed by atoms with van der Waals surface area (Å²) in [4.78, 5) is 3.96. The van der Waals surface area contributed by atoms with E-state index in [-0.39, 0.29) is 5.01 Å². The van der Waals surface area contributed by atoms with E-state index in [1.54, 1.807) is 5.38 Å². The van der Waals surface area contributed by atoms with Crippen LogP contribution in [0.4, 0.5) is 13.2 Å². The van der Waals surface area contributed by atoms with Gasteiger partial charge in [0.25, 0.3) is 0 Å². The van der Waals surface area contributed by atoms with Crippen molar-refractivity contribution in [2.45, 2.75) is 12.6 Å². The van der Waals surface area contributed by atoms with Crippen LogP contribution < -0.4 is 0 Å². The summed E-state index contributed by atoms with van der Waals surface area (Å²) in [5.41, 5.74) is 1.44. The molecule has 1 aromatic carbocycles. The average molecular weight is 243 g/mol. The molecule has 0 saturated heterocycles. The van der Waals surface area contributed by atoms with Crippen molar-refractivity contribution in [1.82, 2.24) is 4.98 Å². The normalized spacial score (nSPS) is 11.7. The Balaban J connectivity index is 2.21. The SMILES string of the molecule is FC(F)(F)Cc1nc(-c2ccccc2)cs1. The first kappa shape index (κ1) is 11.1. The smallest absolute Gasteiger partial charge is 0.241 e. The maximum atomic E-state index is 12.1. The van der Waals surface area contributed by atoms with Gasteiger partial charge in [0.15, 0.2) is 0 Å². The van der Waals surface area contributed by atoms with Crippen molar-refractivity contribution in [2.75, 3.05) is 0 Å². The van der Waals surface area contributed by atoms with Gasteiger partial charge >= 0.3 is 6.18 Å². The zero-order valence-electron chi connectivity index (χ0n) is 8.16. The molecular weight excluding hydrogens is 235 g/mol. The highest BCUT2D eigenvalue weighted by molar-refractivity contribution is 7.09. The second-order valence-electron chi connectivity index (χ2n) is 3.28. The third-order valence-electron chi connectivity index (χ3n) is 1.97. The fraction of sp³-hybridized carbons (Fsp3) is 0.182. The molecule has 5 heteroatoms. The Morgan fingerprint density at radius 1 is 1.12 bits per heavy atom. The fourth-order valence-electron chi connectivity index (χ4n) is 1.31. The van der Waals surface area contributed by atoms with E-state index in [4.69, 9.17) is 0 Å². The highest BCUT2D eigenvalue weighted by atomic mass is 32.1. The minimum atomic E-state index is -4.19. The van der Waals surface area contributed by atoms with Gasteiger partial charge in [-0.25, -0.2) is 4.98 Å². The lowest BCUT2D eigenvalue weighted by molar-refractivity contribution is -0.127. The molecular formula is C11H8F3NS. The number of benzene rings is 1. The van der Waals surface area contributed by atoms with Gasteiger partial charge in [-0.1, -0.05) is 30.3 Å². The van der Waals surface area contributed by atoms with Crippen LogP contribution in [0, 0.1) is 0 Å². The summed E-state index contributed by atoms with van der Waals surface area (Å²) >= 11 is 1.04. The first-order valence-electron chi connectivity index (χ1n) is 4.61. The maximum absolute atomic E-state index is 12.1. The first-order valence-corrected chi connectivity index (χ1v) is 5.49. The largest absolute Gasteiger partial charge is 0.395 e. The number of rotatable bonds is 2. The van der Waals surface area contributed by atoms with Crippen LogP contribution in [0.25, 0.3) is 11.3 Å². The van der Waals surface area contributed by atoms with E-state index >= 15 is 0 Å². The Morgan fingerprint density at radius 2 is 1.81 bits per heavy atom. The highest BCUT2D eigenvalue weighted by Gasteiger charge is 2.29. The molecule has 2 aromatic rings. The summed E-state index contributed by atoms with van der Waals surface area (Å²) in [5.74, 6) is 0. The molecule has 1 nitrogen and oxygen atoms in total. The van der Waals surface area contributed by atoms with Crippen LogP contribution in [-0.2, 0) is 6.42 Å². The number of hydrogen-bond donors (Lipinski definition) is 0. The Bertz CT molecular complexity index is 462. The third-order valence-corrected chi connectivity index (χ3v) is 2.82. The molecule has 0 aliphatic carbocycles. The van der Waals surface area contributed by atoms with Gasteiger partial charge in [-0.3, -0.25) is 0 Å². The first-order chi connectivity index (χ1) is 7.54. The number of nitrogens with zero attached hydrogens (tertiary/aromatic N) is 1. The second-order valence-corrected chi connectivity index (χ2v) is 4.23. The molecule has 16 heavy (non-hydrogen) atoms. The molecule has 84 valence electrons. The molecule has 1 aromatic heterocycles. The lowest BCUT2D eigenvalue weighted by Gasteiger charge is -2.01. The topological polar surface area (TPSA) is 12.9 Å². The van der Waals surface area contributed by atoms with Crippen molar-refractivity contribution in [3.63, 3.8) is 0 Å². The standard InChI is InChI=1S/C11H8F3NS/c12-11(13,14)6-10-15-9(7-16-10)8-4-2-1-3-5-8/h1-5,7H,6H2. The summed E-state index contributed by atoms with van der Waals surface area (Å²) < 4.78 is 36.4. The Kier molecular flexibility index (Phi) is 2.96. The molecule has 0 spiro atoms. The Labute approximate surface area is 94.6 Å². The van der Waals surface area contributed by atoms with Crippen molar-refractivity contribution in [1.29, 1.82) is 0 Å². The van der Waals surface area contributed by atoms with Crippen molar-refractivity contribution >= 4 is 11.3 Å². The minimum absolute atomic E-state index is 0.103. The third kappa shape index (κ3) is 2.82. The summed E-state index contributed by atoms with van der Waals surface area (Å²) in [5, 5.41) is 1.75. The van der Waals surface area contributed by atoms with Gasteiger partial charge < -0.3 is 0 Å². The zero-order valence-corrected chi connectivity index (χ0v) is 8.98. The van der Waals surface area contributed by atoms with Gasteiger partial charge in [0, 0.05) is 10.9 Å². The van der Waals surface area contributed by atoms with E-state index in [0.29, 0.717) is 5.69 Å². The van der Waals surface area contributed by atoms with Crippen LogP contribution in [0.3, 0.4) is 0 Å². The van der Waals surface area contributed by atoms with Crippen molar-refractivity contribution in [3.05, 3.63) is 40.7 Å². The molecule has 0 aliphatic rings. The number of hydrogen-bond acceptors (Lipinski definition) is 2. The number of thiazole rings is 1. The summed E-state index contributed by atoms with van der Waals surface area (Å²) in [6.45, 7) is 0. The molecule has 0 fully saturated rings. The molecule has 0 aliphatic heterocycles. The second kappa shape index (κ2) is 4.25. The zero-order chi connectivity index (χ0) is 11.6. The van der Waals surface area contributed by atoms with Crippen LogP contribution >= 0.6 is 11.3 Å². The quantitative estimate of drug-likeness (QED) is 0.779. The van der Waals surface area contributed by atoms with Crippen molar-refractivity contribution in [3.8, 4) is 11.3 Å². The van der Waals surface area contributed by atoms with Gasteiger partial charge in [-0.2, -0.15) is 13.2 Å². The fourth-order valence-corrected chi connectivity index (χ4v) is 2.14. The lowest BCUT2D eigenvalue weighted by Crippen LogP contribution is -2.11. The molecule has 0 radical (unpaired) electrons. The van der Waals surface area contributed by atoms with Gasteiger partial charge in [0.1, 0.15) is 5.01 Å². The predicted octanol–water partition coefficient (Wildman–Crippen LogP) is 3.91. The van der Waals surface area contributed by atoms with Gasteiger partial charge in [-0.05, 0) is 0 Å². The monoisotopic (exact) mass is 243 g/mol. The number of alkyl halides is 3. The van der Waals surface area contributed by atoms with Crippen LogP contribution in [0.2, 0.25) is 0 Å². The van der Waals surface area contributed by atoms with E-state index in [1.165, 1.54) is 0 Å². The highest BCUT2D eigenvalue weighted by Crippen LogP contribution is 2.26. The lowest BCUT2D eigenvalue weighted by atomic mass is 10.2. The molecule has 0 amide bonds. The van der Waals surface area contributed by atoms with Gasteiger partial charge in [0.2, 0.25) is 0 Å². The molecule has 0 bridgehead atoms. The van der Waals surface area contributed by atoms with Crippen molar-refractivity contribution in [2.24, 2.45) is 0 Å². The van der Waals surface area contributed by atoms with Gasteiger partial charge in [0.05, 0.1) is 12.1 Å². The van der Waals surface area contributed by atoms with Crippen LogP contribution in [0.1, 0.15) is 5.01 Å². The number of halogens is 3. The van der Waals surface area contributed by atoms with E-state index in [1.807, 2.05) is 30.3 Å². The van der Waals surface area contributed by atoms with Crippen LogP contribution in [-0.4, -0.2) is 11.2 Å². The Hall–Kier alpha value is -1.36. The molecule has 0 N–H and O–H groups in total. The van der Waals surface area contributed by atoms with E-state index < -0.39 is 12.6 Å². The molecule has 1 heterocycles.